The fourth-order valence-corrected chi connectivity index (χ4v) is 5.91. The number of benzene rings is 1. The lowest BCUT2D eigenvalue weighted by atomic mass is 9.87. The van der Waals surface area contributed by atoms with E-state index >= 15 is 0 Å². The van der Waals surface area contributed by atoms with Crippen LogP contribution < -0.4 is 5.32 Å². The molecule has 2 aromatic rings. The van der Waals surface area contributed by atoms with Crippen molar-refractivity contribution in [3.63, 3.8) is 0 Å². The van der Waals surface area contributed by atoms with Crippen molar-refractivity contribution in [2.75, 3.05) is 26.2 Å². The summed E-state index contributed by atoms with van der Waals surface area (Å²) in [6, 6.07) is 6.30. The number of hydrogen-bond donors (Lipinski definition) is 1. The van der Waals surface area contributed by atoms with Crippen LogP contribution in [-0.2, 0) is 26.2 Å². The summed E-state index contributed by atoms with van der Waals surface area (Å²) < 4.78 is 7.28. The standard InChI is InChI=1S/C28H37N5O5/c1-28(2,3)38-27(37)33-14-11-19(16-33)26(36)32-12-9-17(10-13-32)18-5-6-20-22(15-18)31(4)30-24(20)21-7-8-23(34)29-25(21)35/h5-6,15,17,19,21H,7-14,16H2,1-4H3,(H,29,34,35)/t19-,21?/m1/s1. The molecule has 0 spiro atoms. The Kier molecular flexibility index (Phi) is 6.92. The Morgan fingerprint density at radius 2 is 1.74 bits per heavy atom. The molecule has 0 saturated carbocycles. The summed E-state index contributed by atoms with van der Waals surface area (Å²) in [6.45, 7) is 7.88. The Morgan fingerprint density at radius 1 is 1.03 bits per heavy atom. The largest absolute Gasteiger partial charge is 0.444 e. The number of carbonyl (C=O) groups excluding carboxylic acids is 4. The number of rotatable bonds is 3. The van der Waals surface area contributed by atoms with E-state index in [1.54, 1.807) is 4.90 Å². The van der Waals surface area contributed by atoms with Crippen LogP contribution in [0.2, 0.25) is 0 Å². The van der Waals surface area contributed by atoms with Gasteiger partial charge >= 0.3 is 6.09 Å². The molecule has 1 aromatic carbocycles. The van der Waals surface area contributed by atoms with Crippen LogP contribution in [0.1, 0.15) is 76.0 Å². The maximum absolute atomic E-state index is 13.2. The van der Waals surface area contributed by atoms with E-state index in [1.165, 1.54) is 5.56 Å². The van der Waals surface area contributed by atoms with E-state index < -0.39 is 11.5 Å². The lowest BCUT2D eigenvalue weighted by Gasteiger charge is -2.34. The fraction of sp³-hybridized carbons (Fsp3) is 0.607. The van der Waals surface area contributed by atoms with Gasteiger partial charge in [0.25, 0.3) is 0 Å². The minimum Gasteiger partial charge on any atom is -0.444 e. The number of nitrogens with one attached hydrogen (secondary N) is 1. The Bertz CT molecular complexity index is 1270. The number of ether oxygens (including phenoxy) is 1. The van der Waals surface area contributed by atoms with Crippen LogP contribution in [-0.4, -0.2) is 75.2 Å². The van der Waals surface area contributed by atoms with Crippen LogP contribution in [0.3, 0.4) is 0 Å². The average Bonchev–Trinajstić information content (AvgIpc) is 3.48. The van der Waals surface area contributed by atoms with Gasteiger partial charge in [-0.1, -0.05) is 12.1 Å². The second-order valence-corrected chi connectivity index (χ2v) is 11.8. The first kappa shape index (κ1) is 26.2. The molecule has 1 N–H and O–H groups in total. The van der Waals surface area contributed by atoms with Gasteiger partial charge in [0.15, 0.2) is 0 Å². The van der Waals surface area contributed by atoms with Crippen LogP contribution >= 0.6 is 0 Å². The smallest absolute Gasteiger partial charge is 0.410 e. The molecule has 3 aliphatic rings. The van der Waals surface area contributed by atoms with Gasteiger partial charge in [0.05, 0.1) is 23.0 Å². The van der Waals surface area contributed by atoms with Crippen LogP contribution in [0.25, 0.3) is 10.9 Å². The van der Waals surface area contributed by atoms with Gasteiger partial charge < -0.3 is 14.5 Å². The second kappa shape index (κ2) is 10.0. The molecule has 10 heteroatoms. The summed E-state index contributed by atoms with van der Waals surface area (Å²) in [5.41, 5.74) is 2.34. The highest BCUT2D eigenvalue weighted by Crippen LogP contribution is 2.35. The zero-order valence-electron chi connectivity index (χ0n) is 22.7. The van der Waals surface area contributed by atoms with Crippen molar-refractivity contribution >= 4 is 34.7 Å². The van der Waals surface area contributed by atoms with E-state index in [4.69, 9.17) is 4.74 Å². The highest BCUT2D eigenvalue weighted by molar-refractivity contribution is 6.02. The van der Waals surface area contributed by atoms with E-state index in [2.05, 4.69) is 22.5 Å². The van der Waals surface area contributed by atoms with Gasteiger partial charge in [-0.3, -0.25) is 24.4 Å². The SMILES string of the molecule is Cn1nc(C2CCC(=O)NC2=O)c2ccc(C3CCN(C(=O)[C@@H]4CCN(C(=O)OC(C)(C)C)C4)CC3)cc21. The monoisotopic (exact) mass is 523 g/mol. The van der Waals surface area contributed by atoms with Crippen molar-refractivity contribution in [2.45, 2.75) is 70.3 Å². The van der Waals surface area contributed by atoms with Crippen molar-refractivity contribution in [3.05, 3.63) is 29.5 Å². The van der Waals surface area contributed by atoms with Crippen molar-refractivity contribution < 1.29 is 23.9 Å². The molecule has 1 aromatic heterocycles. The third-order valence-electron chi connectivity index (χ3n) is 7.94. The predicted molar refractivity (Wildman–Crippen MR) is 140 cm³/mol. The molecule has 38 heavy (non-hydrogen) atoms. The number of carbonyl (C=O) groups is 4. The van der Waals surface area contributed by atoms with E-state index in [9.17, 15) is 19.2 Å². The van der Waals surface area contributed by atoms with E-state index in [0.717, 1.165) is 29.4 Å². The van der Waals surface area contributed by atoms with Crippen molar-refractivity contribution in [2.24, 2.45) is 13.0 Å². The molecular formula is C28H37N5O5. The van der Waals surface area contributed by atoms with Crippen LogP contribution in [0, 0.1) is 5.92 Å². The van der Waals surface area contributed by atoms with Crippen molar-refractivity contribution in [3.8, 4) is 0 Å². The predicted octanol–water partition coefficient (Wildman–Crippen LogP) is 3.06. The van der Waals surface area contributed by atoms with Gasteiger partial charge in [0, 0.05) is 45.0 Å². The number of piperidine rings is 2. The molecule has 4 amide bonds. The quantitative estimate of drug-likeness (QED) is 0.619. The van der Waals surface area contributed by atoms with Crippen molar-refractivity contribution in [1.29, 1.82) is 0 Å². The zero-order valence-corrected chi connectivity index (χ0v) is 22.7. The Labute approximate surface area is 222 Å². The number of imide groups is 1. The molecule has 0 radical (unpaired) electrons. The molecule has 4 heterocycles. The van der Waals surface area contributed by atoms with E-state index in [1.807, 2.05) is 43.5 Å². The summed E-state index contributed by atoms with van der Waals surface area (Å²) in [6.07, 6.45) is 2.86. The Balaban J connectivity index is 1.20. The van der Waals surface area contributed by atoms with Gasteiger partial charge in [0.1, 0.15) is 5.60 Å². The van der Waals surface area contributed by atoms with Crippen LogP contribution in [0.5, 0.6) is 0 Å². The first-order valence-electron chi connectivity index (χ1n) is 13.6. The molecular weight excluding hydrogens is 486 g/mol. The average molecular weight is 524 g/mol. The molecule has 204 valence electrons. The molecule has 1 unspecified atom stereocenters. The maximum atomic E-state index is 13.2. The molecule has 0 bridgehead atoms. The maximum Gasteiger partial charge on any atom is 0.410 e. The van der Waals surface area contributed by atoms with E-state index in [0.29, 0.717) is 51.4 Å². The van der Waals surface area contributed by atoms with Gasteiger partial charge in [-0.05, 0) is 64.0 Å². The topological polar surface area (TPSA) is 114 Å². The lowest BCUT2D eigenvalue weighted by Crippen LogP contribution is -2.42. The van der Waals surface area contributed by atoms with Crippen LogP contribution in [0.4, 0.5) is 4.79 Å². The van der Waals surface area contributed by atoms with Crippen molar-refractivity contribution in [1.82, 2.24) is 24.9 Å². The van der Waals surface area contributed by atoms with Gasteiger partial charge in [-0.15, -0.1) is 0 Å². The highest BCUT2D eigenvalue weighted by Gasteiger charge is 2.37. The number of aromatic nitrogens is 2. The minimum atomic E-state index is -0.550. The zero-order chi connectivity index (χ0) is 27.2. The molecule has 5 rings (SSSR count). The third kappa shape index (κ3) is 5.26. The van der Waals surface area contributed by atoms with Crippen LogP contribution in [0.15, 0.2) is 18.2 Å². The molecule has 3 aliphatic heterocycles. The first-order chi connectivity index (χ1) is 18.0. The molecule has 0 aliphatic carbocycles. The number of aryl methyl sites for hydroxylation is 1. The molecule has 10 nitrogen and oxygen atoms in total. The normalized spacial score (nSPS) is 23.2. The summed E-state index contributed by atoms with van der Waals surface area (Å²) in [7, 11) is 1.88. The number of fused-ring (bicyclic) bond motifs is 1. The summed E-state index contributed by atoms with van der Waals surface area (Å²) >= 11 is 0. The summed E-state index contributed by atoms with van der Waals surface area (Å²) in [4.78, 5) is 53.2. The second-order valence-electron chi connectivity index (χ2n) is 11.8. The van der Waals surface area contributed by atoms with Gasteiger partial charge in [-0.2, -0.15) is 5.10 Å². The van der Waals surface area contributed by atoms with E-state index in [-0.39, 0.29) is 29.7 Å². The van der Waals surface area contributed by atoms with Gasteiger partial charge in [-0.25, -0.2) is 4.79 Å². The first-order valence-corrected chi connectivity index (χ1v) is 13.6. The number of likely N-dealkylation sites (tertiary alicyclic amines) is 2. The Hall–Kier alpha value is -3.43. The summed E-state index contributed by atoms with van der Waals surface area (Å²) in [5, 5.41) is 8.02. The third-order valence-corrected chi connectivity index (χ3v) is 7.94. The lowest BCUT2D eigenvalue weighted by molar-refractivity contribution is -0.136. The highest BCUT2D eigenvalue weighted by atomic mass is 16.6. The molecule has 3 saturated heterocycles. The minimum absolute atomic E-state index is 0.130. The number of hydrogen-bond acceptors (Lipinski definition) is 6. The summed E-state index contributed by atoms with van der Waals surface area (Å²) in [5.74, 6) is -0.635. The number of amides is 4. The Morgan fingerprint density at radius 3 is 2.42 bits per heavy atom. The molecule has 3 fully saturated rings. The molecule has 2 atom stereocenters. The number of nitrogens with zero attached hydrogens (tertiary/aromatic N) is 4. The fourth-order valence-electron chi connectivity index (χ4n) is 5.91. The van der Waals surface area contributed by atoms with Gasteiger partial charge in [0.2, 0.25) is 17.7 Å².